The van der Waals surface area contributed by atoms with E-state index in [1.165, 1.54) is 25.6 Å². The van der Waals surface area contributed by atoms with E-state index >= 15 is 0 Å². The second-order valence-corrected chi connectivity index (χ2v) is 6.39. The van der Waals surface area contributed by atoms with Gasteiger partial charge in [0.15, 0.2) is 0 Å². The van der Waals surface area contributed by atoms with Crippen molar-refractivity contribution in [3.63, 3.8) is 0 Å². The van der Waals surface area contributed by atoms with E-state index in [1.54, 1.807) is 18.2 Å². The molecule has 0 aliphatic rings. The van der Waals surface area contributed by atoms with Gasteiger partial charge < -0.3 is 20.5 Å². The number of nitrogen functional groups attached to an aromatic ring is 1. The van der Waals surface area contributed by atoms with Crippen LogP contribution in [0.4, 0.5) is 5.69 Å². The Morgan fingerprint density at radius 3 is 2.58 bits per heavy atom. The van der Waals surface area contributed by atoms with Crippen molar-refractivity contribution in [2.75, 3.05) is 20.0 Å². The number of benzene rings is 1. The van der Waals surface area contributed by atoms with E-state index in [-0.39, 0.29) is 12.8 Å². The molecular weight excluding hydrogens is 356 g/mol. The third-order valence-corrected chi connectivity index (χ3v) is 4.63. The highest BCUT2D eigenvalue weighted by Gasteiger charge is 2.24. The summed E-state index contributed by atoms with van der Waals surface area (Å²) in [5, 5.41) is 4.52. The molecule has 0 saturated carbocycles. The lowest BCUT2D eigenvalue weighted by Gasteiger charge is -2.17. The van der Waals surface area contributed by atoms with Crippen LogP contribution in [-0.2, 0) is 19.1 Å². The van der Waals surface area contributed by atoms with Gasteiger partial charge in [0.25, 0.3) is 5.91 Å². The topological polar surface area (TPSA) is 108 Å². The van der Waals surface area contributed by atoms with E-state index in [9.17, 15) is 14.4 Å². The molecule has 1 atom stereocenters. The number of thiophene rings is 1. The van der Waals surface area contributed by atoms with Gasteiger partial charge in [-0.3, -0.25) is 9.59 Å². The van der Waals surface area contributed by atoms with Crippen molar-refractivity contribution in [3.8, 4) is 10.4 Å². The first-order valence-corrected chi connectivity index (χ1v) is 8.73. The minimum Gasteiger partial charge on any atom is -0.469 e. The third kappa shape index (κ3) is 4.82. The molecule has 0 aliphatic carbocycles. The molecule has 138 valence electrons. The fourth-order valence-corrected chi connectivity index (χ4v) is 3.14. The van der Waals surface area contributed by atoms with Crippen LogP contribution in [0.1, 0.15) is 23.2 Å². The Bertz CT molecular complexity index is 789. The summed E-state index contributed by atoms with van der Waals surface area (Å²) in [5.41, 5.74) is 7.43. The highest BCUT2D eigenvalue weighted by Crippen LogP contribution is 2.30. The first-order valence-electron chi connectivity index (χ1n) is 7.85. The largest absolute Gasteiger partial charge is 0.469 e. The van der Waals surface area contributed by atoms with E-state index in [4.69, 9.17) is 10.5 Å². The summed E-state index contributed by atoms with van der Waals surface area (Å²) in [5.74, 6) is -1.55. The normalized spacial score (nSPS) is 11.5. The number of rotatable bonds is 7. The van der Waals surface area contributed by atoms with Gasteiger partial charge in [-0.25, -0.2) is 4.79 Å². The van der Waals surface area contributed by atoms with E-state index in [0.29, 0.717) is 16.8 Å². The van der Waals surface area contributed by atoms with Crippen molar-refractivity contribution in [3.05, 3.63) is 41.3 Å². The number of amides is 1. The molecule has 1 heterocycles. The minimum atomic E-state index is -0.958. The lowest BCUT2D eigenvalue weighted by molar-refractivity contribution is -0.144. The van der Waals surface area contributed by atoms with Crippen LogP contribution >= 0.6 is 11.3 Å². The smallest absolute Gasteiger partial charge is 0.328 e. The molecule has 0 aliphatic heterocycles. The number of nitrogens with two attached hydrogens (primary N) is 1. The van der Waals surface area contributed by atoms with E-state index in [0.717, 1.165) is 4.88 Å². The maximum Gasteiger partial charge on any atom is 0.328 e. The van der Waals surface area contributed by atoms with Gasteiger partial charge in [0, 0.05) is 28.1 Å². The quantitative estimate of drug-likeness (QED) is 0.567. The number of carbonyl (C=O) groups is 3. The number of esters is 2. The maximum atomic E-state index is 12.7. The third-order valence-electron chi connectivity index (χ3n) is 3.73. The lowest BCUT2D eigenvalue weighted by Crippen LogP contribution is -2.42. The van der Waals surface area contributed by atoms with Crippen LogP contribution in [0, 0.1) is 0 Å². The fraction of sp³-hybridized carbons (Fsp3) is 0.278. The summed E-state index contributed by atoms with van der Waals surface area (Å²) in [7, 11) is 2.48. The van der Waals surface area contributed by atoms with Gasteiger partial charge in [0.05, 0.1) is 14.2 Å². The molecule has 3 N–H and O–H groups in total. The zero-order valence-electron chi connectivity index (χ0n) is 14.5. The van der Waals surface area contributed by atoms with E-state index < -0.39 is 23.9 Å². The average molecular weight is 376 g/mol. The van der Waals surface area contributed by atoms with E-state index in [1.807, 2.05) is 17.5 Å². The Morgan fingerprint density at radius 2 is 1.96 bits per heavy atom. The van der Waals surface area contributed by atoms with Gasteiger partial charge >= 0.3 is 11.9 Å². The monoisotopic (exact) mass is 376 g/mol. The Morgan fingerprint density at radius 1 is 1.19 bits per heavy atom. The molecule has 0 spiro atoms. The van der Waals surface area contributed by atoms with Crippen molar-refractivity contribution in [1.82, 2.24) is 5.32 Å². The van der Waals surface area contributed by atoms with Crippen LogP contribution in [0.3, 0.4) is 0 Å². The summed E-state index contributed by atoms with van der Waals surface area (Å²) < 4.78 is 9.28. The van der Waals surface area contributed by atoms with Crippen LogP contribution in [0.5, 0.6) is 0 Å². The summed E-state index contributed by atoms with van der Waals surface area (Å²) >= 11 is 1.47. The molecule has 1 unspecified atom stereocenters. The zero-order valence-corrected chi connectivity index (χ0v) is 15.3. The average Bonchev–Trinajstić information content (AvgIpc) is 3.18. The zero-order chi connectivity index (χ0) is 19.1. The molecule has 0 radical (unpaired) electrons. The first-order chi connectivity index (χ1) is 12.5. The minimum absolute atomic E-state index is 0.0178. The van der Waals surface area contributed by atoms with Crippen molar-refractivity contribution in [2.45, 2.75) is 18.9 Å². The van der Waals surface area contributed by atoms with Gasteiger partial charge in [0.1, 0.15) is 6.04 Å². The molecule has 8 heteroatoms. The molecule has 0 saturated heterocycles. The van der Waals surface area contributed by atoms with Crippen LogP contribution in [-0.4, -0.2) is 38.1 Å². The van der Waals surface area contributed by atoms with E-state index in [2.05, 4.69) is 10.1 Å². The van der Waals surface area contributed by atoms with Gasteiger partial charge in [-0.05, 0) is 36.1 Å². The summed E-state index contributed by atoms with van der Waals surface area (Å²) in [6, 6.07) is 7.73. The number of nitrogens with one attached hydrogen (secondary N) is 1. The molecule has 26 heavy (non-hydrogen) atoms. The Kier molecular flexibility index (Phi) is 6.74. The molecule has 0 fully saturated rings. The molecule has 1 aromatic heterocycles. The molecule has 1 amide bonds. The van der Waals surface area contributed by atoms with Gasteiger partial charge in [0.2, 0.25) is 0 Å². The van der Waals surface area contributed by atoms with Crippen molar-refractivity contribution < 1.29 is 23.9 Å². The van der Waals surface area contributed by atoms with Crippen molar-refractivity contribution in [1.29, 1.82) is 0 Å². The summed E-state index contributed by atoms with van der Waals surface area (Å²) in [6.45, 7) is 0. The van der Waals surface area contributed by atoms with Gasteiger partial charge in [-0.15, -0.1) is 11.3 Å². The molecule has 0 bridgehead atoms. The number of ether oxygens (including phenoxy) is 2. The Labute approximate surface area is 155 Å². The van der Waals surface area contributed by atoms with Crippen LogP contribution in [0.15, 0.2) is 35.7 Å². The summed E-state index contributed by atoms with van der Waals surface area (Å²) in [4.78, 5) is 36.9. The second kappa shape index (κ2) is 9.00. The number of hydrogen-bond donors (Lipinski definition) is 2. The highest BCUT2D eigenvalue weighted by molar-refractivity contribution is 7.13. The molecule has 1 aromatic carbocycles. The SMILES string of the molecule is COC(=O)CCC(NC(=O)c1ccc(N)cc1-c1cccs1)C(=O)OC. The number of hydrogen-bond acceptors (Lipinski definition) is 7. The molecule has 2 aromatic rings. The summed E-state index contributed by atoms with van der Waals surface area (Å²) in [6.07, 6.45) is 0.0600. The van der Waals surface area contributed by atoms with Crippen LogP contribution < -0.4 is 11.1 Å². The predicted molar refractivity (Wildman–Crippen MR) is 98.7 cm³/mol. The fourth-order valence-electron chi connectivity index (χ4n) is 2.39. The number of methoxy groups -OCH3 is 2. The first kappa shape index (κ1) is 19.5. The standard InChI is InChI=1S/C18H20N2O5S/c1-24-16(21)8-7-14(18(23)25-2)20-17(22)12-6-5-11(19)10-13(12)15-4-3-9-26-15/h3-6,9-10,14H,7-8,19H2,1-2H3,(H,20,22). The van der Waals surface area contributed by atoms with Crippen LogP contribution in [0.2, 0.25) is 0 Å². The highest BCUT2D eigenvalue weighted by atomic mass is 32.1. The molecule has 7 nitrogen and oxygen atoms in total. The second-order valence-electron chi connectivity index (χ2n) is 5.45. The number of anilines is 1. The number of carbonyl (C=O) groups excluding carboxylic acids is 3. The van der Waals surface area contributed by atoms with Crippen molar-refractivity contribution in [2.24, 2.45) is 0 Å². The maximum absolute atomic E-state index is 12.7. The molecular formula is C18H20N2O5S. The van der Waals surface area contributed by atoms with Crippen LogP contribution in [0.25, 0.3) is 10.4 Å². The Balaban J connectivity index is 2.24. The van der Waals surface area contributed by atoms with Crippen molar-refractivity contribution >= 4 is 34.9 Å². The van der Waals surface area contributed by atoms with Gasteiger partial charge in [-0.1, -0.05) is 6.07 Å². The Hall–Kier alpha value is -2.87. The predicted octanol–water partition coefficient (Wildman–Crippen LogP) is 2.22. The lowest BCUT2D eigenvalue weighted by atomic mass is 10.0. The molecule has 2 rings (SSSR count). The van der Waals surface area contributed by atoms with Gasteiger partial charge in [-0.2, -0.15) is 0 Å².